The maximum absolute atomic E-state index is 12.5. The zero-order chi connectivity index (χ0) is 22.9. The summed E-state index contributed by atoms with van der Waals surface area (Å²) in [4.78, 5) is 35.9. The molecule has 0 bridgehead atoms. The Bertz CT molecular complexity index is 860. The van der Waals surface area contributed by atoms with Gasteiger partial charge in [0.05, 0.1) is 4.90 Å². The highest BCUT2D eigenvalue weighted by Gasteiger charge is 2.22. The lowest BCUT2D eigenvalue weighted by atomic mass is 9.95. The number of esters is 1. The second-order valence-corrected chi connectivity index (χ2v) is 9.30. The number of sulfonamides is 1. The number of amides is 2. The first kappa shape index (κ1) is 24.8. The minimum Gasteiger partial charge on any atom is -0.454 e. The molecule has 0 aromatic heterocycles. The molecule has 31 heavy (non-hydrogen) atoms. The van der Waals surface area contributed by atoms with Gasteiger partial charge in [0.1, 0.15) is 6.54 Å². The molecule has 0 saturated heterocycles. The van der Waals surface area contributed by atoms with Crippen LogP contribution in [0.3, 0.4) is 0 Å². The molecule has 1 aromatic rings. The van der Waals surface area contributed by atoms with Crippen molar-refractivity contribution in [3.8, 4) is 0 Å². The van der Waals surface area contributed by atoms with E-state index in [4.69, 9.17) is 4.74 Å². The monoisotopic (exact) mass is 453 g/mol. The first-order chi connectivity index (χ1) is 14.8. The smallest absolute Gasteiger partial charge is 0.325 e. The number of carbonyl (C=O) groups excluding carboxylic acids is 3. The van der Waals surface area contributed by atoms with Crippen molar-refractivity contribution in [1.29, 1.82) is 0 Å². The van der Waals surface area contributed by atoms with Gasteiger partial charge in [0, 0.05) is 24.7 Å². The molecule has 1 aliphatic carbocycles. The molecule has 0 aliphatic heterocycles. The predicted octanol–water partition coefficient (Wildman–Crippen LogP) is 1.44. The predicted molar refractivity (Wildman–Crippen MR) is 115 cm³/mol. The minimum atomic E-state index is -3.61. The van der Waals surface area contributed by atoms with Crippen LogP contribution in [0.25, 0.3) is 0 Å². The number of nitrogens with zero attached hydrogens (tertiary/aromatic N) is 1. The fraction of sp³-hybridized carbons (Fsp3) is 0.571. The summed E-state index contributed by atoms with van der Waals surface area (Å²) in [6.45, 7) is 3.42. The van der Waals surface area contributed by atoms with E-state index in [2.05, 4.69) is 10.6 Å². The van der Waals surface area contributed by atoms with Gasteiger partial charge in [-0.05, 0) is 37.1 Å². The van der Waals surface area contributed by atoms with E-state index in [0.717, 1.165) is 25.7 Å². The summed E-state index contributed by atoms with van der Waals surface area (Å²) in [7, 11) is -3.61. The topological polar surface area (TPSA) is 122 Å². The minimum absolute atomic E-state index is 0.0936. The Morgan fingerprint density at radius 1 is 1.03 bits per heavy atom. The van der Waals surface area contributed by atoms with E-state index in [0.29, 0.717) is 13.1 Å². The van der Waals surface area contributed by atoms with Gasteiger partial charge in [0.15, 0.2) is 6.61 Å². The molecule has 1 aromatic carbocycles. The van der Waals surface area contributed by atoms with Gasteiger partial charge in [0.25, 0.3) is 11.8 Å². The van der Waals surface area contributed by atoms with Crippen LogP contribution in [0, 0.1) is 0 Å². The second-order valence-electron chi connectivity index (χ2n) is 7.36. The maximum atomic E-state index is 12.5. The maximum Gasteiger partial charge on any atom is 0.325 e. The van der Waals surface area contributed by atoms with E-state index in [1.165, 1.54) is 35.0 Å². The molecule has 2 N–H and O–H groups in total. The Balaban J connectivity index is 1.78. The van der Waals surface area contributed by atoms with Gasteiger partial charge in [-0.2, -0.15) is 4.31 Å². The summed E-state index contributed by atoms with van der Waals surface area (Å²) in [5, 5.41) is 5.24. The molecule has 1 aliphatic rings. The SMILES string of the molecule is CCN(CC)S(=O)(=O)c1ccc(C(=O)NCC(=O)OCC(=O)NC2CCCCC2)cc1. The Labute approximate surface area is 183 Å². The molecule has 0 radical (unpaired) electrons. The molecule has 0 heterocycles. The van der Waals surface area contributed by atoms with Crippen LogP contribution in [0.2, 0.25) is 0 Å². The van der Waals surface area contributed by atoms with Crippen LogP contribution in [0.4, 0.5) is 0 Å². The summed E-state index contributed by atoms with van der Waals surface area (Å²) in [6, 6.07) is 5.62. The average Bonchev–Trinajstić information content (AvgIpc) is 2.77. The summed E-state index contributed by atoms with van der Waals surface area (Å²) in [5.74, 6) is -1.63. The summed E-state index contributed by atoms with van der Waals surface area (Å²) >= 11 is 0. The van der Waals surface area contributed by atoms with E-state index in [1.54, 1.807) is 13.8 Å². The highest BCUT2D eigenvalue weighted by molar-refractivity contribution is 7.89. The van der Waals surface area contributed by atoms with Crippen LogP contribution in [-0.2, 0) is 24.3 Å². The van der Waals surface area contributed by atoms with E-state index in [-0.39, 0.29) is 29.0 Å². The third-order valence-electron chi connectivity index (χ3n) is 5.19. The van der Waals surface area contributed by atoms with Crippen molar-refractivity contribution < 1.29 is 27.5 Å². The first-order valence-corrected chi connectivity index (χ1v) is 12.0. The van der Waals surface area contributed by atoms with Crippen molar-refractivity contribution in [1.82, 2.24) is 14.9 Å². The van der Waals surface area contributed by atoms with Crippen LogP contribution in [0.1, 0.15) is 56.3 Å². The fourth-order valence-electron chi connectivity index (χ4n) is 3.46. The average molecular weight is 454 g/mol. The standard InChI is InChI=1S/C21H31N3O6S/c1-3-24(4-2)31(28,29)18-12-10-16(11-13-18)21(27)22-14-20(26)30-15-19(25)23-17-8-6-5-7-9-17/h10-13,17H,3-9,14-15H2,1-2H3,(H,22,27)(H,23,25). The van der Waals surface area contributed by atoms with Crippen molar-refractivity contribution in [3.63, 3.8) is 0 Å². The van der Waals surface area contributed by atoms with E-state index >= 15 is 0 Å². The molecule has 172 valence electrons. The summed E-state index contributed by atoms with van der Waals surface area (Å²) in [5.41, 5.74) is 0.210. The zero-order valence-electron chi connectivity index (χ0n) is 18.1. The number of ether oxygens (including phenoxy) is 1. The number of nitrogens with one attached hydrogen (secondary N) is 2. The zero-order valence-corrected chi connectivity index (χ0v) is 18.9. The molecular weight excluding hydrogens is 422 g/mol. The van der Waals surface area contributed by atoms with Crippen LogP contribution in [0.5, 0.6) is 0 Å². The van der Waals surface area contributed by atoms with Crippen LogP contribution in [-0.4, -0.2) is 62.8 Å². The highest BCUT2D eigenvalue weighted by atomic mass is 32.2. The van der Waals surface area contributed by atoms with Gasteiger partial charge in [-0.1, -0.05) is 33.1 Å². The van der Waals surface area contributed by atoms with Crippen molar-refractivity contribution in [2.45, 2.75) is 56.9 Å². The quantitative estimate of drug-likeness (QED) is 0.517. The lowest BCUT2D eigenvalue weighted by molar-refractivity contribution is -0.147. The number of benzene rings is 1. The molecule has 0 unspecified atom stereocenters. The molecule has 2 rings (SSSR count). The molecule has 0 spiro atoms. The van der Waals surface area contributed by atoms with Gasteiger partial charge in [-0.15, -0.1) is 0 Å². The molecule has 1 saturated carbocycles. The van der Waals surface area contributed by atoms with Gasteiger partial charge < -0.3 is 15.4 Å². The lowest BCUT2D eigenvalue weighted by Crippen LogP contribution is -2.39. The number of rotatable bonds is 10. The van der Waals surface area contributed by atoms with Crippen molar-refractivity contribution in [2.24, 2.45) is 0 Å². The fourth-order valence-corrected chi connectivity index (χ4v) is 4.92. The Kier molecular flexibility index (Phi) is 9.44. The summed E-state index contributed by atoms with van der Waals surface area (Å²) in [6.07, 6.45) is 5.21. The van der Waals surface area contributed by atoms with Gasteiger partial charge >= 0.3 is 5.97 Å². The van der Waals surface area contributed by atoms with Crippen molar-refractivity contribution >= 4 is 27.8 Å². The normalized spacial score (nSPS) is 14.8. The molecule has 1 fully saturated rings. The number of hydrogen-bond acceptors (Lipinski definition) is 6. The van der Waals surface area contributed by atoms with Crippen LogP contribution in [0.15, 0.2) is 29.2 Å². The second kappa shape index (κ2) is 11.8. The number of hydrogen-bond donors (Lipinski definition) is 2. The molecule has 9 nitrogen and oxygen atoms in total. The number of carbonyl (C=O) groups is 3. The van der Waals surface area contributed by atoms with Crippen LogP contribution < -0.4 is 10.6 Å². The highest BCUT2D eigenvalue weighted by Crippen LogP contribution is 2.17. The Hall–Kier alpha value is -2.46. The van der Waals surface area contributed by atoms with Gasteiger partial charge in [-0.25, -0.2) is 8.42 Å². The third-order valence-corrected chi connectivity index (χ3v) is 7.25. The van der Waals surface area contributed by atoms with Gasteiger partial charge in [0.2, 0.25) is 10.0 Å². The van der Waals surface area contributed by atoms with Crippen molar-refractivity contribution in [2.75, 3.05) is 26.2 Å². The molecule has 2 amide bonds. The molecule has 10 heteroatoms. The third kappa shape index (κ3) is 7.32. The van der Waals surface area contributed by atoms with E-state index in [1.807, 2.05) is 0 Å². The summed E-state index contributed by atoms with van der Waals surface area (Å²) < 4.78 is 31.2. The first-order valence-electron chi connectivity index (χ1n) is 10.6. The molecule has 0 atom stereocenters. The van der Waals surface area contributed by atoms with E-state index in [9.17, 15) is 22.8 Å². The lowest BCUT2D eigenvalue weighted by Gasteiger charge is -2.22. The Morgan fingerprint density at radius 2 is 1.65 bits per heavy atom. The van der Waals surface area contributed by atoms with Gasteiger partial charge in [-0.3, -0.25) is 14.4 Å². The van der Waals surface area contributed by atoms with E-state index < -0.39 is 28.4 Å². The largest absolute Gasteiger partial charge is 0.454 e. The van der Waals surface area contributed by atoms with Crippen LogP contribution >= 0.6 is 0 Å². The van der Waals surface area contributed by atoms with Crippen molar-refractivity contribution in [3.05, 3.63) is 29.8 Å². The Morgan fingerprint density at radius 3 is 2.23 bits per heavy atom. The molecular formula is C21H31N3O6S.